The Hall–Kier alpha value is -1.35. The van der Waals surface area contributed by atoms with Crippen molar-refractivity contribution in [1.82, 2.24) is 0 Å². The van der Waals surface area contributed by atoms with Gasteiger partial charge in [0.15, 0.2) is 5.78 Å². The summed E-state index contributed by atoms with van der Waals surface area (Å²) >= 11 is 0. The number of Topliss-reactive ketones (excluding diaryl/α,β-unsaturated/α-hetero) is 1. The van der Waals surface area contributed by atoms with E-state index in [1.165, 1.54) is 0 Å². The Kier molecular flexibility index (Phi) is 4.97. The molecule has 2 rings (SSSR count). The smallest absolute Gasteiger partial charge is 0.166 e. The molecule has 0 bridgehead atoms. The van der Waals surface area contributed by atoms with Gasteiger partial charge in [0.05, 0.1) is 17.8 Å². The molecule has 0 N–H and O–H groups in total. The zero-order valence-corrected chi connectivity index (χ0v) is 11.7. The Balaban J connectivity index is 1.97. The molecule has 3 nitrogen and oxygen atoms in total. The quantitative estimate of drug-likeness (QED) is 0.735. The lowest BCUT2D eigenvalue weighted by molar-refractivity contribution is 0.0855. The van der Waals surface area contributed by atoms with Gasteiger partial charge in [0.25, 0.3) is 0 Å². The fourth-order valence-electron chi connectivity index (χ4n) is 2.35. The first-order chi connectivity index (χ1) is 9.16. The number of para-hydroxylation sites is 1. The molecular formula is C16H22O3. The van der Waals surface area contributed by atoms with Crippen molar-refractivity contribution in [3.63, 3.8) is 0 Å². The molecular weight excluding hydrogens is 240 g/mol. The van der Waals surface area contributed by atoms with E-state index in [1.807, 2.05) is 38.1 Å². The second-order valence-corrected chi connectivity index (χ2v) is 5.26. The van der Waals surface area contributed by atoms with Crippen molar-refractivity contribution < 1.29 is 14.3 Å². The third kappa shape index (κ3) is 4.06. The van der Waals surface area contributed by atoms with E-state index in [9.17, 15) is 4.79 Å². The Bertz CT molecular complexity index is 420. The summed E-state index contributed by atoms with van der Waals surface area (Å²) in [5.74, 6) is 0.835. The summed E-state index contributed by atoms with van der Waals surface area (Å²) in [7, 11) is 0. The number of carbonyl (C=O) groups excluding carboxylic acids is 1. The highest BCUT2D eigenvalue weighted by Gasteiger charge is 2.19. The summed E-state index contributed by atoms with van der Waals surface area (Å²) in [6.45, 7) is 4.77. The van der Waals surface area contributed by atoms with Crippen LogP contribution in [-0.2, 0) is 4.74 Å². The zero-order valence-electron chi connectivity index (χ0n) is 11.7. The molecule has 0 radical (unpaired) electrons. The lowest BCUT2D eigenvalue weighted by atomic mass is 10.0. The van der Waals surface area contributed by atoms with Gasteiger partial charge in [-0.3, -0.25) is 4.79 Å². The Labute approximate surface area is 114 Å². The SMILES string of the molecule is CC(C)Oc1ccccc1C(=O)CCC1CCCO1. The highest BCUT2D eigenvalue weighted by Crippen LogP contribution is 2.23. The molecule has 1 aliphatic rings. The summed E-state index contributed by atoms with van der Waals surface area (Å²) < 4.78 is 11.2. The van der Waals surface area contributed by atoms with Crippen LogP contribution in [0.1, 0.15) is 49.9 Å². The third-order valence-corrected chi connectivity index (χ3v) is 3.27. The number of benzene rings is 1. The monoisotopic (exact) mass is 262 g/mol. The molecule has 1 atom stereocenters. The van der Waals surface area contributed by atoms with E-state index in [2.05, 4.69) is 0 Å². The number of carbonyl (C=O) groups is 1. The second kappa shape index (κ2) is 6.71. The summed E-state index contributed by atoms with van der Waals surface area (Å²) in [6.07, 6.45) is 3.88. The summed E-state index contributed by atoms with van der Waals surface area (Å²) in [5, 5.41) is 0. The molecule has 3 heteroatoms. The van der Waals surface area contributed by atoms with Gasteiger partial charge in [0, 0.05) is 13.0 Å². The van der Waals surface area contributed by atoms with E-state index >= 15 is 0 Å². The first-order valence-corrected chi connectivity index (χ1v) is 7.07. The van der Waals surface area contributed by atoms with Gasteiger partial charge in [0.1, 0.15) is 5.75 Å². The van der Waals surface area contributed by atoms with Gasteiger partial charge >= 0.3 is 0 Å². The number of hydrogen-bond acceptors (Lipinski definition) is 3. The van der Waals surface area contributed by atoms with Crippen molar-refractivity contribution in [3.05, 3.63) is 29.8 Å². The molecule has 1 unspecified atom stereocenters. The average molecular weight is 262 g/mol. The van der Waals surface area contributed by atoms with Crippen molar-refractivity contribution in [2.75, 3.05) is 6.61 Å². The minimum absolute atomic E-state index is 0.0760. The maximum atomic E-state index is 12.3. The molecule has 19 heavy (non-hydrogen) atoms. The lowest BCUT2D eigenvalue weighted by Gasteiger charge is -2.14. The molecule has 0 spiro atoms. The van der Waals surface area contributed by atoms with Gasteiger partial charge < -0.3 is 9.47 Å². The molecule has 1 aromatic rings. The van der Waals surface area contributed by atoms with E-state index in [0.29, 0.717) is 17.7 Å². The van der Waals surface area contributed by atoms with Crippen molar-refractivity contribution >= 4 is 5.78 Å². The zero-order chi connectivity index (χ0) is 13.7. The minimum Gasteiger partial charge on any atom is -0.490 e. The number of ether oxygens (including phenoxy) is 2. The molecule has 1 saturated heterocycles. The van der Waals surface area contributed by atoms with Gasteiger partial charge in [-0.15, -0.1) is 0 Å². The van der Waals surface area contributed by atoms with Crippen LogP contribution in [0.25, 0.3) is 0 Å². The number of ketones is 1. The van der Waals surface area contributed by atoms with Crippen LogP contribution in [0.5, 0.6) is 5.75 Å². The highest BCUT2D eigenvalue weighted by molar-refractivity contribution is 5.98. The highest BCUT2D eigenvalue weighted by atomic mass is 16.5. The molecule has 0 amide bonds. The lowest BCUT2D eigenvalue weighted by Crippen LogP contribution is -2.12. The van der Waals surface area contributed by atoms with Crippen molar-refractivity contribution in [1.29, 1.82) is 0 Å². The van der Waals surface area contributed by atoms with Crippen LogP contribution in [0, 0.1) is 0 Å². The van der Waals surface area contributed by atoms with Crippen molar-refractivity contribution in [2.24, 2.45) is 0 Å². The number of hydrogen-bond donors (Lipinski definition) is 0. The van der Waals surface area contributed by atoms with E-state index in [-0.39, 0.29) is 18.0 Å². The molecule has 104 valence electrons. The van der Waals surface area contributed by atoms with Gasteiger partial charge in [-0.2, -0.15) is 0 Å². The van der Waals surface area contributed by atoms with E-state index < -0.39 is 0 Å². The van der Waals surface area contributed by atoms with Crippen LogP contribution in [0.2, 0.25) is 0 Å². The Morgan fingerprint density at radius 3 is 2.89 bits per heavy atom. The fraction of sp³-hybridized carbons (Fsp3) is 0.562. The fourth-order valence-corrected chi connectivity index (χ4v) is 2.35. The van der Waals surface area contributed by atoms with Crippen LogP contribution in [0.15, 0.2) is 24.3 Å². The molecule has 1 fully saturated rings. The molecule has 0 aliphatic carbocycles. The second-order valence-electron chi connectivity index (χ2n) is 5.26. The standard InChI is InChI=1S/C16H22O3/c1-12(2)19-16-8-4-3-7-14(16)15(17)10-9-13-6-5-11-18-13/h3-4,7-8,12-13H,5-6,9-11H2,1-2H3. The molecule has 0 aromatic heterocycles. The summed E-state index contributed by atoms with van der Waals surface area (Å²) in [4.78, 5) is 12.3. The van der Waals surface area contributed by atoms with Gasteiger partial charge in [0.2, 0.25) is 0 Å². The van der Waals surface area contributed by atoms with Crippen LogP contribution in [0.4, 0.5) is 0 Å². The maximum Gasteiger partial charge on any atom is 0.166 e. The van der Waals surface area contributed by atoms with Gasteiger partial charge in [-0.25, -0.2) is 0 Å². The van der Waals surface area contributed by atoms with Crippen molar-refractivity contribution in [2.45, 2.75) is 51.7 Å². The van der Waals surface area contributed by atoms with Gasteiger partial charge in [-0.05, 0) is 45.2 Å². The van der Waals surface area contributed by atoms with E-state index in [0.717, 1.165) is 25.9 Å². The van der Waals surface area contributed by atoms with Gasteiger partial charge in [-0.1, -0.05) is 12.1 Å². The largest absolute Gasteiger partial charge is 0.490 e. The molecule has 1 aromatic carbocycles. The van der Waals surface area contributed by atoms with Crippen molar-refractivity contribution in [3.8, 4) is 5.75 Å². The third-order valence-electron chi connectivity index (χ3n) is 3.27. The minimum atomic E-state index is 0.0760. The average Bonchev–Trinajstić information content (AvgIpc) is 2.89. The van der Waals surface area contributed by atoms with Crippen LogP contribution >= 0.6 is 0 Å². The van der Waals surface area contributed by atoms with Crippen LogP contribution in [-0.4, -0.2) is 24.6 Å². The number of rotatable bonds is 6. The van der Waals surface area contributed by atoms with E-state index in [4.69, 9.17) is 9.47 Å². The Morgan fingerprint density at radius 2 is 2.21 bits per heavy atom. The predicted molar refractivity (Wildman–Crippen MR) is 74.7 cm³/mol. The summed E-state index contributed by atoms with van der Waals surface area (Å²) in [6, 6.07) is 7.48. The first kappa shape index (κ1) is 14.1. The van der Waals surface area contributed by atoms with Crippen LogP contribution in [0.3, 0.4) is 0 Å². The molecule has 0 saturated carbocycles. The maximum absolute atomic E-state index is 12.3. The molecule has 1 aliphatic heterocycles. The van der Waals surface area contributed by atoms with E-state index in [1.54, 1.807) is 0 Å². The molecule has 1 heterocycles. The Morgan fingerprint density at radius 1 is 1.42 bits per heavy atom. The van der Waals surface area contributed by atoms with Crippen LogP contribution < -0.4 is 4.74 Å². The predicted octanol–water partition coefficient (Wildman–Crippen LogP) is 3.62. The first-order valence-electron chi connectivity index (χ1n) is 7.07. The topological polar surface area (TPSA) is 35.5 Å². The summed E-state index contributed by atoms with van der Waals surface area (Å²) in [5.41, 5.74) is 0.689. The normalized spacial score (nSPS) is 18.8.